The molecule has 0 unspecified atom stereocenters. The molecule has 0 saturated heterocycles. The lowest BCUT2D eigenvalue weighted by molar-refractivity contribution is 0.357. The summed E-state index contributed by atoms with van der Waals surface area (Å²) in [4.78, 5) is 0.938. The zero-order valence-corrected chi connectivity index (χ0v) is 14.3. The van der Waals surface area contributed by atoms with Gasteiger partial charge < -0.3 is 5.73 Å². The smallest absolute Gasteiger partial charge is 0.212 e. The average Bonchev–Trinajstić information content (AvgIpc) is 3.20. The number of nitrogen functional groups attached to an aromatic ring is 1. The van der Waals surface area contributed by atoms with Crippen LogP contribution in [0.25, 0.3) is 0 Å². The van der Waals surface area contributed by atoms with Crippen molar-refractivity contribution in [3.63, 3.8) is 0 Å². The van der Waals surface area contributed by atoms with E-state index in [0.29, 0.717) is 23.9 Å². The Labute approximate surface area is 131 Å². The first-order valence-corrected chi connectivity index (χ1v) is 9.93. The molecule has 0 bridgehead atoms. The summed E-state index contributed by atoms with van der Waals surface area (Å²) >= 11 is 1.49. The molecule has 3 N–H and O–H groups in total. The molecule has 0 amide bonds. The van der Waals surface area contributed by atoms with E-state index >= 15 is 0 Å². The Morgan fingerprint density at radius 2 is 2.00 bits per heavy atom. The Morgan fingerprint density at radius 1 is 1.33 bits per heavy atom. The molecule has 0 aliphatic heterocycles. The minimum absolute atomic E-state index is 0.125. The number of hydrogen-bond acceptors (Lipinski definition) is 4. The maximum absolute atomic E-state index is 12.0. The summed E-state index contributed by atoms with van der Waals surface area (Å²) in [5.41, 5.74) is 6.74. The first-order chi connectivity index (χ1) is 9.85. The molecule has 1 aliphatic rings. The second-order valence-electron chi connectivity index (χ2n) is 6.04. The van der Waals surface area contributed by atoms with Crippen molar-refractivity contribution in [1.29, 1.82) is 0 Å². The Hall–Kier alpha value is -0.720. The van der Waals surface area contributed by atoms with E-state index in [1.165, 1.54) is 11.8 Å². The van der Waals surface area contributed by atoms with Crippen molar-refractivity contribution >= 4 is 27.5 Å². The number of rotatable bonds is 8. The molecular formula is C15H24N2O2S2. The highest BCUT2D eigenvalue weighted by Gasteiger charge is 2.45. The third-order valence-corrected chi connectivity index (χ3v) is 6.96. The van der Waals surface area contributed by atoms with E-state index in [4.69, 9.17) is 5.73 Å². The highest BCUT2D eigenvalue weighted by molar-refractivity contribution is 8.00. The molecule has 1 fully saturated rings. The van der Waals surface area contributed by atoms with Crippen LogP contribution in [0.5, 0.6) is 0 Å². The van der Waals surface area contributed by atoms with Gasteiger partial charge in [0, 0.05) is 22.9 Å². The number of anilines is 1. The predicted molar refractivity (Wildman–Crippen MR) is 89.9 cm³/mol. The fraction of sp³-hybridized carbons (Fsp3) is 0.600. The third kappa shape index (κ3) is 4.63. The second kappa shape index (κ2) is 6.58. The van der Waals surface area contributed by atoms with Gasteiger partial charge in [0.25, 0.3) is 0 Å². The highest BCUT2D eigenvalue weighted by Crippen LogP contribution is 2.51. The Kier molecular flexibility index (Phi) is 5.22. The minimum atomic E-state index is -3.20. The zero-order chi connectivity index (χ0) is 15.5. The van der Waals surface area contributed by atoms with Gasteiger partial charge in [-0.3, -0.25) is 0 Å². The van der Waals surface area contributed by atoms with Gasteiger partial charge in [-0.2, -0.15) is 0 Å². The maximum Gasteiger partial charge on any atom is 0.212 e. The summed E-state index contributed by atoms with van der Waals surface area (Å²) in [5.74, 6) is 1.16. The van der Waals surface area contributed by atoms with Crippen LogP contribution in [-0.2, 0) is 10.0 Å². The quantitative estimate of drug-likeness (QED) is 0.568. The molecule has 21 heavy (non-hydrogen) atoms. The van der Waals surface area contributed by atoms with Crippen molar-refractivity contribution in [2.75, 3.05) is 23.8 Å². The average molecular weight is 329 g/mol. The molecule has 0 spiro atoms. The largest absolute Gasteiger partial charge is 0.398 e. The monoisotopic (exact) mass is 328 g/mol. The van der Waals surface area contributed by atoms with Crippen molar-refractivity contribution < 1.29 is 8.42 Å². The standard InChI is InChI=1S/C15H24N2O2S2/c1-12(2)15(7-8-15)11-17-21(18,19)10-9-20-14-6-4-3-5-13(14)16/h3-6,12,17H,7-11,16H2,1-2H3. The molecule has 1 aliphatic carbocycles. The summed E-state index contributed by atoms with van der Waals surface area (Å²) in [6.45, 7) is 4.90. The molecule has 0 heterocycles. The minimum Gasteiger partial charge on any atom is -0.398 e. The van der Waals surface area contributed by atoms with Crippen molar-refractivity contribution in [2.24, 2.45) is 11.3 Å². The lowest BCUT2D eigenvalue weighted by atomic mass is 9.93. The lowest BCUT2D eigenvalue weighted by Gasteiger charge is -2.20. The van der Waals surface area contributed by atoms with Gasteiger partial charge in [0.1, 0.15) is 0 Å². The van der Waals surface area contributed by atoms with Gasteiger partial charge in [-0.15, -0.1) is 11.8 Å². The number of nitrogens with two attached hydrogens (primary N) is 1. The van der Waals surface area contributed by atoms with Crippen molar-refractivity contribution in [3.05, 3.63) is 24.3 Å². The van der Waals surface area contributed by atoms with Crippen LogP contribution in [0.1, 0.15) is 26.7 Å². The van der Waals surface area contributed by atoms with Crippen LogP contribution < -0.4 is 10.5 Å². The Balaban J connectivity index is 1.78. The Morgan fingerprint density at radius 3 is 2.57 bits per heavy atom. The van der Waals surface area contributed by atoms with Crippen LogP contribution in [0, 0.1) is 11.3 Å². The van der Waals surface area contributed by atoms with Gasteiger partial charge in [-0.1, -0.05) is 26.0 Å². The number of para-hydroxylation sites is 1. The van der Waals surface area contributed by atoms with Gasteiger partial charge >= 0.3 is 0 Å². The van der Waals surface area contributed by atoms with E-state index in [1.807, 2.05) is 24.3 Å². The van der Waals surface area contributed by atoms with Crippen molar-refractivity contribution in [3.8, 4) is 0 Å². The van der Waals surface area contributed by atoms with Crippen molar-refractivity contribution in [1.82, 2.24) is 4.72 Å². The van der Waals surface area contributed by atoms with Gasteiger partial charge in [0.2, 0.25) is 10.0 Å². The summed E-state index contributed by atoms with van der Waals surface area (Å²) in [6.07, 6.45) is 2.25. The summed E-state index contributed by atoms with van der Waals surface area (Å²) in [5, 5.41) is 0. The molecule has 0 radical (unpaired) electrons. The zero-order valence-electron chi connectivity index (χ0n) is 12.6. The summed E-state index contributed by atoms with van der Waals surface area (Å²) in [7, 11) is -3.20. The fourth-order valence-electron chi connectivity index (χ4n) is 2.32. The fourth-order valence-corrected chi connectivity index (χ4v) is 4.81. The molecular weight excluding hydrogens is 304 g/mol. The molecule has 2 rings (SSSR count). The van der Waals surface area contributed by atoms with Gasteiger partial charge in [0.15, 0.2) is 0 Å². The van der Waals surface area contributed by atoms with E-state index in [0.717, 1.165) is 17.7 Å². The number of benzene rings is 1. The van der Waals surface area contributed by atoms with Crippen LogP contribution in [0.3, 0.4) is 0 Å². The second-order valence-corrected chi connectivity index (χ2v) is 9.11. The number of sulfonamides is 1. The maximum atomic E-state index is 12.0. The first-order valence-electron chi connectivity index (χ1n) is 7.29. The Bertz CT molecular complexity index is 581. The van der Waals surface area contributed by atoms with Gasteiger partial charge in [-0.25, -0.2) is 13.1 Å². The van der Waals surface area contributed by atoms with Gasteiger partial charge in [-0.05, 0) is 36.3 Å². The molecule has 1 aromatic carbocycles. The number of nitrogens with one attached hydrogen (secondary N) is 1. The molecule has 4 nitrogen and oxygen atoms in total. The predicted octanol–water partition coefficient (Wildman–Crippen LogP) is 2.72. The van der Waals surface area contributed by atoms with E-state index in [1.54, 1.807) is 0 Å². The highest BCUT2D eigenvalue weighted by atomic mass is 32.2. The van der Waals surface area contributed by atoms with E-state index < -0.39 is 10.0 Å². The number of hydrogen-bond donors (Lipinski definition) is 2. The van der Waals surface area contributed by atoms with Crippen molar-refractivity contribution in [2.45, 2.75) is 31.6 Å². The molecule has 118 valence electrons. The number of thioether (sulfide) groups is 1. The van der Waals surface area contributed by atoms with E-state index in [2.05, 4.69) is 18.6 Å². The van der Waals surface area contributed by atoms with Crippen LogP contribution in [0.2, 0.25) is 0 Å². The first kappa shape index (κ1) is 16.6. The molecule has 0 aromatic heterocycles. The molecule has 1 aromatic rings. The topological polar surface area (TPSA) is 72.2 Å². The molecule has 6 heteroatoms. The van der Waals surface area contributed by atoms with Gasteiger partial charge in [0.05, 0.1) is 5.75 Å². The van der Waals surface area contributed by atoms with E-state index in [9.17, 15) is 8.42 Å². The summed E-state index contributed by atoms with van der Waals surface area (Å²) < 4.78 is 26.9. The summed E-state index contributed by atoms with van der Waals surface area (Å²) in [6, 6.07) is 7.52. The molecule has 0 atom stereocenters. The van der Waals surface area contributed by atoms with Crippen LogP contribution >= 0.6 is 11.8 Å². The van der Waals surface area contributed by atoms with Crippen LogP contribution in [0.15, 0.2) is 29.2 Å². The lowest BCUT2D eigenvalue weighted by Crippen LogP contribution is -2.34. The van der Waals surface area contributed by atoms with E-state index in [-0.39, 0.29) is 11.2 Å². The third-order valence-electron chi connectivity index (χ3n) is 4.29. The normalized spacial score (nSPS) is 17.1. The molecule has 1 saturated carbocycles. The SMILES string of the molecule is CC(C)C1(CNS(=O)(=O)CCSc2ccccc2N)CC1. The van der Waals surface area contributed by atoms with Crippen LogP contribution in [0.4, 0.5) is 5.69 Å². The van der Waals surface area contributed by atoms with Crippen LogP contribution in [-0.4, -0.2) is 26.5 Å².